The third-order valence-corrected chi connectivity index (χ3v) is 0.816. The van der Waals surface area contributed by atoms with Crippen molar-refractivity contribution in [2.24, 2.45) is 5.73 Å². The molecule has 0 saturated carbocycles. The summed E-state index contributed by atoms with van der Waals surface area (Å²) in [5, 5.41) is 2.00. The fraction of sp³-hybridized carbons (Fsp3) is 0.400. The van der Waals surface area contributed by atoms with Gasteiger partial charge in [-0.3, -0.25) is 9.59 Å². The van der Waals surface area contributed by atoms with Gasteiger partial charge in [0.1, 0.15) is 0 Å². The molecular weight excluding hydrogens is 136 g/mol. The van der Waals surface area contributed by atoms with E-state index in [9.17, 15) is 14.4 Å². The van der Waals surface area contributed by atoms with E-state index in [1.165, 1.54) is 0 Å². The number of hydrogen-bond donors (Lipinski definition) is 2. The molecule has 0 aliphatic rings. The van der Waals surface area contributed by atoms with Crippen molar-refractivity contribution in [2.75, 3.05) is 6.54 Å². The fourth-order valence-electron chi connectivity index (χ4n) is 0.292. The van der Waals surface area contributed by atoms with Gasteiger partial charge in [0, 0.05) is 6.92 Å². The zero-order valence-corrected chi connectivity index (χ0v) is 5.51. The summed E-state index contributed by atoms with van der Waals surface area (Å²) < 4.78 is 0. The van der Waals surface area contributed by atoms with Crippen LogP contribution in [0.4, 0.5) is 4.79 Å². The average Bonchev–Trinajstić information content (AvgIpc) is 1.82. The molecule has 0 fully saturated rings. The van der Waals surface area contributed by atoms with Crippen molar-refractivity contribution < 1.29 is 14.4 Å². The maximum absolute atomic E-state index is 10.4. The van der Waals surface area contributed by atoms with Crippen molar-refractivity contribution in [2.45, 2.75) is 6.92 Å². The lowest BCUT2D eigenvalue weighted by atomic mass is 10.3. The van der Waals surface area contributed by atoms with Crippen LogP contribution in [-0.2, 0) is 9.59 Å². The van der Waals surface area contributed by atoms with Crippen molar-refractivity contribution in [1.29, 1.82) is 0 Å². The minimum Gasteiger partial charge on any atom is -0.352 e. The number of Topliss-reactive ketones (excluding diaryl/α,β-unsaturated/α-hetero) is 2. The van der Waals surface area contributed by atoms with E-state index in [2.05, 4.69) is 5.73 Å². The third kappa shape index (κ3) is 3.59. The standard InChI is InChI=1S/C5H8N2O3/c1-3(8)4(9)2-7-5(6)10/h2H2,1H3,(H3,6,7,10). The molecule has 0 aliphatic heterocycles. The summed E-state index contributed by atoms with van der Waals surface area (Å²) in [7, 11) is 0. The Kier molecular flexibility index (Phi) is 3.10. The lowest BCUT2D eigenvalue weighted by Crippen LogP contribution is -2.35. The number of amides is 2. The Labute approximate surface area is 57.6 Å². The maximum Gasteiger partial charge on any atom is 0.312 e. The zero-order chi connectivity index (χ0) is 8.15. The number of nitrogens with two attached hydrogens (primary N) is 1. The van der Waals surface area contributed by atoms with Crippen LogP contribution < -0.4 is 11.1 Å². The molecular formula is C5H8N2O3. The summed E-state index contributed by atoms with van der Waals surface area (Å²) >= 11 is 0. The van der Waals surface area contributed by atoms with E-state index in [4.69, 9.17) is 0 Å². The summed E-state index contributed by atoms with van der Waals surface area (Å²) in [5.41, 5.74) is 4.63. The predicted molar refractivity (Wildman–Crippen MR) is 33.3 cm³/mol. The predicted octanol–water partition coefficient (Wildman–Crippen LogP) is -1.19. The molecule has 10 heavy (non-hydrogen) atoms. The van der Waals surface area contributed by atoms with Gasteiger partial charge in [-0.15, -0.1) is 0 Å². The largest absolute Gasteiger partial charge is 0.352 e. The van der Waals surface area contributed by atoms with Gasteiger partial charge < -0.3 is 11.1 Å². The first-order valence-corrected chi connectivity index (χ1v) is 2.61. The SMILES string of the molecule is CC(=O)C(=O)CNC(N)=O. The number of rotatable bonds is 3. The second-order valence-corrected chi connectivity index (χ2v) is 1.70. The van der Waals surface area contributed by atoms with Gasteiger partial charge in [0.25, 0.3) is 0 Å². The molecule has 0 spiro atoms. The van der Waals surface area contributed by atoms with Crippen LogP contribution in [0.25, 0.3) is 0 Å². The first-order valence-electron chi connectivity index (χ1n) is 2.61. The molecule has 0 aromatic heterocycles. The summed E-state index contributed by atoms with van der Waals surface area (Å²) in [6.07, 6.45) is 0. The van der Waals surface area contributed by atoms with E-state index in [-0.39, 0.29) is 6.54 Å². The van der Waals surface area contributed by atoms with Crippen molar-refractivity contribution in [3.05, 3.63) is 0 Å². The number of ketones is 2. The molecule has 5 heteroatoms. The molecule has 0 radical (unpaired) electrons. The van der Waals surface area contributed by atoms with E-state index >= 15 is 0 Å². The Morgan fingerprint density at radius 1 is 1.40 bits per heavy atom. The average molecular weight is 144 g/mol. The second kappa shape index (κ2) is 3.60. The van der Waals surface area contributed by atoms with Crippen molar-refractivity contribution in [3.63, 3.8) is 0 Å². The first-order chi connectivity index (χ1) is 4.54. The van der Waals surface area contributed by atoms with Gasteiger partial charge in [0.15, 0.2) is 5.78 Å². The number of nitrogens with one attached hydrogen (secondary N) is 1. The monoisotopic (exact) mass is 144 g/mol. The second-order valence-electron chi connectivity index (χ2n) is 1.70. The van der Waals surface area contributed by atoms with Crippen LogP contribution in [0.15, 0.2) is 0 Å². The molecule has 0 saturated heterocycles. The molecule has 0 aromatic carbocycles. The summed E-state index contributed by atoms with van der Waals surface area (Å²) in [5.74, 6) is -1.24. The molecule has 0 rings (SSSR count). The van der Waals surface area contributed by atoms with Crippen LogP contribution in [0.3, 0.4) is 0 Å². The van der Waals surface area contributed by atoms with Crippen LogP contribution in [0.1, 0.15) is 6.92 Å². The minimum atomic E-state index is -0.811. The smallest absolute Gasteiger partial charge is 0.312 e. The molecule has 2 amide bonds. The zero-order valence-electron chi connectivity index (χ0n) is 5.51. The van der Waals surface area contributed by atoms with Crippen LogP contribution in [0.2, 0.25) is 0 Å². The highest BCUT2D eigenvalue weighted by Crippen LogP contribution is 1.71. The van der Waals surface area contributed by atoms with Crippen LogP contribution in [-0.4, -0.2) is 24.1 Å². The van der Waals surface area contributed by atoms with E-state index in [1.54, 1.807) is 0 Å². The number of urea groups is 1. The highest BCUT2D eigenvalue weighted by atomic mass is 16.2. The Hall–Kier alpha value is -1.39. The van der Waals surface area contributed by atoms with Crippen molar-refractivity contribution in [3.8, 4) is 0 Å². The topological polar surface area (TPSA) is 89.3 Å². The van der Waals surface area contributed by atoms with Crippen LogP contribution in [0.5, 0.6) is 0 Å². The van der Waals surface area contributed by atoms with Gasteiger partial charge in [-0.2, -0.15) is 0 Å². The molecule has 56 valence electrons. The van der Waals surface area contributed by atoms with Crippen LogP contribution >= 0.6 is 0 Å². The van der Waals surface area contributed by atoms with E-state index in [0.29, 0.717) is 0 Å². The Bertz CT molecular complexity index is 176. The molecule has 0 unspecified atom stereocenters. The van der Waals surface area contributed by atoms with Crippen molar-refractivity contribution in [1.82, 2.24) is 5.32 Å². The minimum absolute atomic E-state index is 0.315. The normalized spacial score (nSPS) is 8.50. The molecule has 0 atom stereocenters. The molecule has 3 N–H and O–H groups in total. The fourth-order valence-corrected chi connectivity index (χ4v) is 0.292. The van der Waals surface area contributed by atoms with E-state index < -0.39 is 17.6 Å². The van der Waals surface area contributed by atoms with Gasteiger partial charge in [-0.25, -0.2) is 4.79 Å². The highest BCUT2D eigenvalue weighted by Gasteiger charge is 2.06. The first kappa shape index (κ1) is 8.61. The lowest BCUT2D eigenvalue weighted by Gasteiger charge is -1.95. The molecule has 0 aliphatic carbocycles. The maximum atomic E-state index is 10.4. The van der Waals surface area contributed by atoms with Gasteiger partial charge >= 0.3 is 6.03 Å². The molecule has 5 nitrogen and oxygen atoms in total. The van der Waals surface area contributed by atoms with Gasteiger partial charge in [-0.1, -0.05) is 0 Å². The summed E-state index contributed by atoms with van der Waals surface area (Å²) in [4.78, 5) is 30.6. The Morgan fingerprint density at radius 3 is 2.20 bits per heavy atom. The number of primary amides is 1. The Morgan fingerprint density at radius 2 is 1.90 bits per heavy atom. The number of carbonyl (C=O) groups is 3. The molecule has 0 bridgehead atoms. The summed E-state index contributed by atoms with van der Waals surface area (Å²) in [6, 6.07) is -0.811. The number of hydrogen-bond acceptors (Lipinski definition) is 3. The van der Waals surface area contributed by atoms with Gasteiger partial charge in [0.05, 0.1) is 6.54 Å². The third-order valence-electron chi connectivity index (χ3n) is 0.816. The van der Waals surface area contributed by atoms with E-state index in [0.717, 1.165) is 6.92 Å². The molecule has 0 aromatic rings. The van der Waals surface area contributed by atoms with Crippen LogP contribution in [0, 0.1) is 0 Å². The lowest BCUT2D eigenvalue weighted by molar-refractivity contribution is -0.134. The Balaban J connectivity index is 3.60. The quantitative estimate of drug-likeness (QED) is 0.488. The van der Waals surface area contributed by atoms with E-state index in [1.807, 2.05) is 5.32 Å². The van der Waals surface area contributed by atoms with Gasteiger partial charge in [0.2, 0.25) is 5.78 Å². The van der Waals surface area contributed by atoms with Gasteiger partial charge in [-0.05, 0) is 0 Å². The highest BCUT2D eigenvalue weighted by molar-refractivity contribution is 6.37. The van der Waals surface area contributed by atoms with Crippen molar-refractivity contribution >= 4 is 17.6 Å². The molecule has 0 heterocycles. The number of carbonyl (C=O) groups excluding carboxylic acids is 3. The summed E-state index contributed by atoms with van der Waals surface area (Å²) in [6.45, 7) is 0.815.